The van der Waals surface area contributed by atoms with E-state index in [-0.39, 0.29) is 12.5 Å². The molecule has 1 rings (SSSR count). The van der Waals surface area contributed by atoms with Gasteiger partial charge < -0.3 is 10.4 Å². The molecule has 2 N–H and O–H groups in total. The number of hydrogen-bond acceptors (Lipinski definition) is 3. The summed E-state index contributed by atoms with van der Waals surface area (Å²) in [7, 11) is 0. The van der Waals surface area contributed by atoms with Gasteiger partial charge in [-0.25, -0.2) is 0 Å². The first-order valence-electron chi connectivity index (χ1n) is 4.73. The molecule has 0 aromatic rings. The Bertz CT molecular complexity index is 186. The second kappa shape index (κ2) is 4.86. The Hall–Kier alpha value is -0.220. The summed E-state index contributed by atoms with van der Waals surface area (Å²) >= 11 is 1.85. The second-order valence-electron chi connectivity index (χ2n) is 3.60. The predicted octanol–water partition coefficient (Wildman–Crippen LogP) is 1.54. The summed E-state index contributed by atoms with van der Waals surface area (Å²) in [5.41, 5.74) is 0. The van der Waals surface area contributed by atoms with Crippen molar-refractivity contribution in [2.24, 2.45) is 5.92 Å². The van der Waals surface area contributed by atoms with E-state index in [1.54, 1.807) is 0 Å². The van der Waals surface area contributed by atoms with E-state index in [2.05, 4.69) is 19.2 Å². The maximum atomic E-state index is 10.5. The molecular formula is C9H17NO2S. The number of nitrogens with one attached hydrogen (secondary N) is 1. The molecule has 0 spiro atoms. The van der Waals surface area contributed by atoms with Crippen molar-refractivity contribution in [1.29, 1.82) is 0 Å². The first-order valence-corrected chi connectivity index (χ1v) is 5.77. The number of thioether (sulfide) groups is 1. The maximum absolute atomic E-state index is 10.5. The number of carbonyl (C=O) groups is 1. The molecule has 3 nitrogen and oxygen atoms in total. The van der Waals surface area contributed by atoms with Crippen molar-refractivity contribution in [3.8, 4) is 0 Å². The normalized spacial score (nSPS) is 30.3. The van der Waals surface area contributed by atoms with E-state index in [1.807, 2.05) is 11.8 Å². The number of carboxylic acids is 1. The Morgan fingerprint density at radius 1 is 1.77 bits per heavy atom. The zero-order valence-electron chi connectivity index (χ0n) is 8.12. The molecule has 1 saturated heterocycles. The molecule has 0 saturated carbocycles. The third-order valence-corrected chi connectivity index (χ3v) is 4.01. The largest absolute Gasteiger partial charge is 0.481 e. The molecule has 1 aliphatic heterocycles. The smallest absolute Gasteiger partial charge is 0.304 e. The summed E-state index contributed by atoms with van der Waals surface area (Å²) in [6.07, 6.45) is 1.39. The summed E-state index contributed by atoms with van der Waals surface area (Å²) in [6, 6.07) is 0.168. The topological polar surface area (TPSA) is 49.3 Å². The van der Waals surface area contributed by atoms with Crippen LogP contribution in [0.4, 0.5) is 0 Å². The lowest BCUT2D eigenvalue weighted by atomic mass is 10.1. The molecule has 0 aromatic heterocycles. The zero-order chi connectivity index (χ0) is 9.84. The van der Waals surface area contributed by atoms with Gasteiger partial charge in [-0.2, -0.15) is 0 Å². The van der Waals surface area contributed by atoms with Gasteiger partial charge in [-0.1, -0.05) is 20.3 Å². The van der Waals surface area contributed by atoms with Gasteiger partial charge in [0, 0.05) is 11.8 Å². The van der Waals surface area contributed by atoms with E-state index in [0.717, 1.165) is 12.2 Å². The van der Waals surface area contributed by atoms with E-state index in [1.165, 1.54) is 0 Å². The number of aliphatic carboxylic acids is 1. The Labute approximate surface area is 83.3 Å². The predicted molar refractivity (Wildman–Crippen MR) is 54.9 cm³/mol. The van der Waals surface area contributed by atoms with Crippen LogP contribution in [0.25, 0.3) is 0 Å². The zero-order valence-corrected chi connectivity index (χ0v) is 8.93. The highest BCUT2D eigenvalue weighted by molar-refractivity contribution is 8.00. The van der Waals surface area contributed by atoms with Crippen molar-refractivity contribution in [1.82, 2.24) is 5.32 Å². The Morgan fingerprint density at radius 2 is 2.46 bits per heavy atom. The third kappa shape index (κ3) is 3.19. The molecular weight excluding hydrogens is 186 g/mol. The average Bonchev–Trinajstić information content (AvgIpc) is 2.50. The van der Waals surface area contributed by atoms with Crippen LogP contribution in [-0.2, 0) is 4.79 Å². The van der Waals surface area contributed by atoms with Gasteiger partial charge in [-0.3, -0.25) is 4.79 Å². The van der Waals surface area contributed by atoms with E-state index in [4.69, 9.17) is 5.11 Å². The molecule has 1 fully saturated rings. The van der Waals surface area contributed by atoms with E-state index in [9.17, 15) is 4.79 Å². The highest BCUT2D eigenvalue weighted by Gasteiger charge is 2.28. The van der Waals surface area contributed by atoms with Crippen molar-refractivity contribution >= 4 is 17.7 Å². The summed E-state index contributed by atoms with van der Waals surface area (Å²) in [6.45, 7) is 4.37. The van der Waals surface area contributed by atoms with Crippen molar-refractivity contribution in [2.45, 2.75) is 38.1 Å². The van der Waals surface area contributed by atoms with Crippen molar-refractivity contribution in [3.63, 3.8) is 0 Å². The van der Waals surface area contributed by atoms with Crippen LogP contribution >= 0.6 is 11.8 Å². The van der Waals surface area contributed by atoms with Gasteiger partial charge >= 0.3 is 5.97 Å². The van der Waals surface area contributed by atoms with E-state index >= 15 is 0 Å². The minimum Gasteiger partial charge on any atom is -0.481 e. The molecule has 0 amide bonds. The van der Waals surface area contributed by atoms with Crippen molar-refractivity contribution in [2.75, 3.05) is 5.75 Å². The van der Waals surface area contributed by atoms with Crippen LogP contribution in [0.15, 0.2) is 0 Å². The molecule has 4 heteroatoms. The fourth-order valence-electron chi connectivity index (χ4n) is 1.42. The van der Waals surface area contributed by atoms with Crippen molar-refractivity contribution in [3.05, 3.63) is 0 Å². The summed E-state index contributed by atoms with van der Waals surface area (Å²) < 4.78 is 0. The second-order valence-corrected chi connectivity index (χ2v) is 4.78. The van der Waals surface area contributed by atoms with Crippen LogP contribution in [0.1, 0.15) is 26.7 Å². The van der Waals surface area contributed by atoms with Crippen LogP contribution in [0.5, 0.6) is 0 Å². The SMILES string of the molecule is CCC(C)C1NC(CC(=O)O)CS1. The minimum absolute atomic E-state index is 0.168. The first-order chi connectivity index (χ1) is 6.13. The van der Waals surface area contributed by atoms with Gasteiger partial charge in [0.05, 0.1) is 11.8 Å². The Morgan fingerprint density at radius 3 is 3.00 bits per heavy atom. The Balaban J connectivity index is 2.31. The molecule has 0 radical (unpaired) electrons. The quantitative estimate of drug-likeness (QED) is 0.727. The molecule has 1 heterocycles. The summed E-state index contributed by atoms with van der Waals surface area (Å²) in [5, 5.41) is 12.4. The third-order valence-electron chi connectivity index (χ3n) is 2.46. The average molecular weight is 203 g/mol. The molecule has 0 aliphatic carbocycles. The maximum Gasteiger partial charge on any atom is 0.304 e. The highest BCUT2D eigenvalue weighted by Crippen LogP contribution is 2.27. The van der Waals surface area contributed by atoms with Gasteiger partial charge in [-0.05, 0) is 5.92 Å². The monoisotopic (exact) mass is 203 g/mol. The van der Waals surface area contributed by atoms with E-state index in [0.29, 0.717) is 11.3 Å². The molecule has 0 aromatic carbocycles. The van der Waals surface area contributed by atoms with Crippen LogP contribution in [0.2, 0.25) is 0 Å². The van der Waals surface area contributed by atoms with Gasteiger partial charge in [0.15, 0.2) is 0 Å². The standard InChI is InChI=1S/C9H17NO2S/c1-3-6(2)9-10-7(5-13-9)4-8(11)12/h6-7,9-10H,3-5H2,1-2H3,(H,11,12). The van der Waals surface area contributed by atoms with Crippen LogP contribution in [-0.4, -0.2) is 28.2 Å². The van der Waals surface area contributed by atoms with Crippen molar-refractivity contribution < 1.29 is 9.90 Å². The number of rotatable bonds is 4. The molecule has 3 unspecified atom stereocenters. The van der Waals surface area contributed by atoms with Gasteiger partial charge in [0.2, 0.25) is 0 Å². The molecule has 76 valence electrons. The molecule has 0 bridgehead atoms. The van der Waals surface area contributed by atoms with Gasteiger partial charge in [0.25, 0.3) is 0 Å². The summed E-state index contributed by atoms with van der Waals surface area (Å²) in [5.74, 6) is 0.855. The highest BCUT2D eigenvalue weighted by atomic mass is 32.2. The van der Waals surface area contributed by atoms with E-state index < -0.39 is 5.97 Å². The molecule has 1 aliphatic rings. The lowest BCUT2D eigenvalue weighted by molar-refractivity contribution is -0.137. The lowest BCUT2D eigenvalue weighted by Gasteiger charge is -2.17. The van der Waals surface area contributed by atoms with Crippen LogP contribution < -0.4 is 5.32 Å². The van der Waals surface area contributed by atoms with Gasteiger partial charge in [0.1, 0.15) is 0 Å². The molecule has 13 heavy (non-hydrogen) atoms. The lowest BCUT2D eigenvalue weighted by Crippen LogP contribution is -2.34. The Kier molecular flexibility index (Phi) is 4.06. The first kappa shape index (κ1) is 10.9. The van der Waals surface area contributed by atoms with Gasteiger partial charge in [-0.15, -0.1) is 11.8 Å². The molecule has 3 atom stereocenters. The fraction of sp³-hybridized carbons (Fsp3) is 0.889. The van der Waals surface area contributed by atoms with Crippen LogP contribution in [0.3, 0.4) is 0 Å². The summed E-state index contributed by atoms with van der Waals surface area (Å²) in [4.78, 5) is 10.5. The fourth-order valence-corrected chi connectivity index (χ4v) is 2.88. The van der Waals surface area contributed by atoms with Crippen LogP contribution in [0, 0.1) is 5.92 Å². The number of carboxylic acid groups (broad SMARTS) is 1. The number of hydrogen-bond donors (Lipinski definition) is 2. The minimum atomic E-state index is -0.706.